The summed E-state index contributed by atoms with van der Waals surface area (Å²) in [7, 11) is 1.55. The number of hydrogen-bond acceptors (Lipinski definition) is 3. The van der Waals surface area contributed by atoms with Gasteiger partial charge in [-0.3, -0.25) is 4.79 Å². The van der Waals surface area contributed by atoms with Crippen LogP contribution in [0.4, 0.5) is 0 Å². The SMILES string of the molecule is COc1ccc(C(=O)N2CCC2C(=O)O)cc1. The lowest BCUT2D eigenvalue weighted by molar-refractivity contribution is -0.146. The summed E-state index contributed by atoms with van der Waals surface area (Å²) in [6, 6.07) is 5.96. The van der Waals surface area contributed by atoms with E-state index in [0.717, 1.165) is 0 Å². The highest BCUT2D eigenvalue weighted by atomic mass is 16.5. The first-order valence-electron chi connectivity index (χ1n) is 5.31. The zero-order valence-corrected chi connectivity index (χ0v) is 9.42. The number of rotatable bonds is 3. The van der Waals surface area contributed by atoms with E-state index in [4.69, 9.17) is 9.84 Å². The number of ether oxygens (including phenoxy) is 1. The second kappa shape index (κ2) is 4.45. The van der Waals surface area contributed by atoms with Crippen molar-refractivity contribution in [1.29, 1.82) is 0 Å². The van der Waals surface area contributed by atoms with E-state index >= 15 is 0 Å². The third-order valence-corrected chi connectivity index (χ3v) is 2.90. The third kappa shape index (κ3) is 2.08. The Kier molecular flexibility index (Phi) is 2.99. The van der Waals surface area contributed by atoms with Gasteiger partial charge in [-0.1, -0.05) is 0 Å². The van der Waals surface area contributed by atoms with Gasteiger partial charge in [-0.2, -0.15) is 0 Å². The lowest BCUT2D eigenvalue weighted by Crippen LogP contribution is -2.55. The first kappa shape index (κ1) is 11.4. The van der Waals surface area contributed by atoms with Crippen molar-refractivity contribution < 1.29 is 19.4 Å². The molecule has 0 bridgehead atoms. The Balaban J connectivity index is 2.11. The normalized spacial score (nSPS) is 18.4. The number of amides is 1. The van der Waals surface area contributed by atoms with Gasteiger partial charge in [-0.15, -0.1) is 0 Å². The summed E-state index contributed by atoms with van der Waals surface area (Å²) in [4.78, 5) is 24.1. The molecule has 1 heterocycles. The van der Waals surface area contributed by atoms with Gasteiger partial charge in [-0.05, 0) is 30.7 Å². The summed E-state index contributed by atoms with van der Waals surface area (Å²) in [6.07, 6.45) is 0.525. The van der Waals surface area contributed by atoms with Gasteiger partial charge in [0.15, 0.2) is 0 Å². The van der Waals surface area contributed by atoms with Crippen LogP contribution in [0.5, 0.6) is 5.75 Å². The van der Waals surface area contributed by atoms with Crippen molar-refractivity contribution in [3.8, 4) is 5.75 Å². The number of benzene rings is 1. The minimum Gasteiger partial charge on any atom is -0.497 e. The summed E-state index contributed by atoms with van der Waals surface area (Å²) in [6.45, 7) is 0.502. The number of likely N-dealkylation sites (tertiary alicyclic amines) is 1. The molecule has 5 heteroatoms. The van der Waals surface area contributed by atoms with Crippen LogP contribution in [0.2, 0.25) is 0 Å². The summed E-state index contributed by atoms with van der Waals surface area (Å²) in [5.74, 6) is -0.524. The number of hydrogen-bond donors (Lipinski definition) is 1. The van der Waals surface area contributed by atoms with E-state index in [9.17, 15) is 9.59 Å². The summed E-state index contributed by atoms with van der Waals surface area (Å²) >= 11 is 0. The van der Waals surface area contributed by atoms with E-state index < -0.39 is 12.0 Å². The van der Waals surface area contributed by atoms with Crippen molar-refractivity contribution in [3.63, 3.8) is 0 Å². The van der Waals surface area contributed by atoms with Gasteiger partial charge >= 0.3 is 5.97 Å². The minimum absolute atomic E-state index is 0.244. The molecule has 1 atom stereocenters. The van der Waals surface area contributed by atoms with E-state index in [1.165, 1.54) is 4.90 Å². The van der Waals surface area contributed by atoms with Gasteiger partial charge in [0.25, 0.3) is 5.91 Å². The van der Waals surface area contributed by atoms with E-state index in [-0.39, 0.29) is 5.91 Å². The number of carboxylic acid groups (broad SMARTS) is 1. The smallest absolute Gasteiger partial charge is 0.326 e. The molecule has 1 aliphatic rings. The summed E-state index contributed by atoms with van der Waals surface area (Å²) < 4.78 is 4.99. The van der Waals surface area contributed by atoms with E-state index in [1.807, 2.05) is 0 Å². The fourth-order valence-electron chi connectivity index (χ4n) is 1.79. The maximum absolute atomic E-state index is 12.0. The van der Waals surface area contributed by atoms with E-state index in [2.05, 4.69) is 0 Å². The molecule has 0 radical (unpaired) electrons. The molecule has 0 aromatic heterocycles. The molecule has 1 N–H and O–H groups in total. The molecule has 1 aromatic carbocycles. The Hall–Kier alpha value is -2.04. The van der Waals surface area contributed by atoms with Crippen molar-refractivity contribution in [2.24, 2.45) is 0 Å². The molecule has 1 amide bonds. The molecule has 1 unspecified atom stereocenters. The molecule has 1 saturated heterocycles. The zero-order chi connectivity index (χ0) is 12.4. The second-order valence-corrected chi connectivity index (χ2v) is 3.87. The fraction of sp³-hybridized carbons (Fsp3) is 0.333. The predicted octanol–water partition coefficient (Wildman–Crippen LogP) is 0.994. The van der Waals surface area contributed by atoms with Gasteiger partial charge in [0.2, 0.25) is 0 Å². The van der Waals surface area contributed by atoms with Crippen LogP contribution in [-0.2, 0) is 4.79 Å². The Morgan fingerprint density at radius 1 is 1.35 bits per heavy atom. The summed E-state index contributed by atoms with van der Waals surface area (Å²) in [5, 5.41) is 8.87. The van der Waals surface area contributed by atoms with Crippen LogP contribution in [-0.4, -0.2) is 41.6 Å². The van der Waals surface area contributed by atoms with Gasteiger partial charge in [0.1, 0.15) is 11.8 Å². The van der Waals surface area contributed by atoms with Crippen molar-refractivity contribution in [2.75, 3.05) is 13.7 Å². The quantitative estimate of drug-likeness (QED) is 0.848. The molecule has 17 heavy (non-hydrogen) atoms. The van der Waals surface area contributed by atoms with Gasteiger partial charge < -0.3 is 14.7 Å². The predicted molar refractivity (Wildman–Crippen MR) is 60.1 cm³/mol. The Labute approximate surface area is 98.6 Å². The molecule has 1 fully saturated rings. The maximum atomic E-state index is 12.0. The number of nitrogens with zero attached hydrogens (tertiary/aromatic N) is 1. The average Bonchev–Trinajstić information content (AvgIpc) is 2.27. The topological polar surface area (TPSA) is 66.8 Å². The number of carboxylic acids is 1. The number of aliphatic carboxylic acids is 1. The van der Waals surface area contributed by atoms with E-state index in [1.54, 1.807) is 31.4 Å². The van der Waals surface area contributed by atoms with Crippen molar-refractivity contribution in [3.05, 3.63) is 29.8 Å². The standard InChI is InChI=1S/C12H13NO4/c1-17-9-4-2-8(3-5-9)11(14)13-7-6-10(13)12(15)16/h2-5,10H,6-7H2,1H3,(H,15,16). The molecule has 0 aliphatic carbocycles. The number of methoxy groups -OCH3 is 1. The average molecular weight is 235 g/mol. The van der Waals surface area contributed by atoms with Crippen LogP contribution in [0.1, 0.15) is 16.8 Å². The third-order valence-electron chi connectivity index (χ3n) is 2.90. The molecule has 5 nitrogen and oxygen atoms in total. The van der Waals surface area contributed by atoms with Crippen LogP contribution < -0.4 is 4.74 Å². The highest BCUT2D eigenvalue weighted by Gasteiger charge is 2.37. The highest BCUT2D eigenvalue weighted by Crippen LogP contribution is 2.21. The molecule has 0 saturated carbocycles. The lowest BCUT2D eigenvalue weighted by Gasteiger charge is -2.37. The molecule has 90 valence electrons. The van der Waals surface area contributed by atoms with Crippen LogP contribution in [0.25, 0.3) is 0 Å². The van der Waals surface area contributed by atoms with Crippen molar-refractivity contribution >= 4 is 11.9 Å². The Morgan fingerprint density at radius 3 is 2.41 bits per heavy atom. The summed E-state index contributed by atoms with van der Waals surface area (Å²) in [5.41, 5.74) is 0.483. The van der Waals surface area contributed by atoms with Crippen LogP contribution in [0.3, 0.4) is 0 Å². The van der Waals surface area contributed by atoms with E-state index in [0.29, 0.717) is 24.3 Å². The van der Waals surface area contributed by atoms with Crippen LogP contribution in [0, 0.1) is 0 Å². The van der Waals surface area contributed by atoms with Crippen LogP contribution in [0.15, 0.2) is 24.3 Å². The largest absolute Gasteiger partial charge is 0.497 e. The molecule has 0 spiro atoms. The number of carbonyl (C=O) groups is 2. The monoisotopic (exact) mass is 235 g/mol. The Morgan fingerprint density at radius 2 is 2.00 bits per heavy atom. The van der Waals surface area contributed by atoms with Crippen molar-refractivity contribution in [2.45, 2.75) is 12.5 Å². The molecule has 1 aliphatic heterocycles. The molecule has 1 aromatic rings. The first-order valence-corrected chi connectivity index (χ1v) is 5.31. The number of carbonyl (C=O) groups excluding carboxylic acids is 1. The minimum atomic E-state index is -0.946. The zero-order valence-electron chi connectivity index (χ0n) is 9.42. The van der Waals surface area contributed by atoms with Gasteiger partial charge in [0.05, 0.1) is 7.11 Å². The maximum Gasteiger partial charge on any atom is 0.326 e. The molecule has 2 rings (SSSR count). The lowest BCUT2D eigenvalue weighted by atomic mass is 10.0. The molecular formula is C12H13NO4. The van der Waals surface area contributed by atoms with Gasteiger partial charge in [-0.25, -0.2) is 4.79 Å². The fourth-order valence-corrected chi connectivity index (χ4v) is 1.79. The molecular weight excluding hydrogens is 222 g/mol. The highest BCUT2D eigenvalue weighted by molar-refractivity contribution is 5.97. The first-order chi connectivity index (χ1) is 8.13. The van der Waals surface area contributed by atoms with Crippen molar-refractivity contribution in [1.82, 2.24) is 4.90 Å². The second-order valence-electron chi connectivity index (χ2n) is 3.87. The van der Waals surface area contributed by atoms with Crippen LogP contribution >= 0.6 is 0 Å². The van der Waals surface area contributed by atoms with Gasteiger partial charge in [0, 0.05) is 12.1 Å². The Bertz CT molecular complexity index is 440.